The normalized spacial score (nSPS) is 11.9. The van der Waals surface area contributed by atoms with Crippen LogP contribution in [0.25, 0.3) is 0 Å². The Bertz CT molecular complexity index is 266. The van der Waals surface area contributed by atoms with E-state index in [1.807, 2.05) is 0 Å². The van der Waals surface area contributed by atoms with Gasteiger partial charge < -0.3 is 9.40 Å². The second-order valence-electron chi connectivity index (χ2n) is 3.31. The molecule has 1 rings (SSSR count). The molecule has 1 heterocycles. The lowest BCUT2D eigenvalue weighted by atomic mass is 9.93. The van der Waals surface area contributed by atoms with Crippen molar-refractivity contribution in [2.75, 3.05) is 0 Å². The van der Waals surface area contributed by atoms with Crippen LogP contribution >= 0.6 is 12.2 Å². The third-order valence-corrected chi connectivity index (χ3v) is 1.53. The van der Waals surface area contributed by atoms with Crippen molar-refractivity contribution in [1.29, 1.82) is 0 Å². The number of H-pyrrole nitrogens is 1. The van der Waals surface area contributed by atoms with E-state index in [9.17, 15) is 0 Å². The molecule has 0 radical (unpaired) electrons. The van der Waals surface area contributed by atoms with E-state index in [1.165, 1.54) is 0 Å². The minimum atomic E-state index is 0.0978. The highest BCUT2D eigenvalue weighted by molar-refractivity contribution is 7.71. The maximum Gasteiger partial charge on any atom is 0.266 e. The van der Waals surface area contributed by atoms with Crippen LogP contribution in [0.4, 0.5) is 0 Å². The van der Waals surface area contributed by atoms with Crippen LogP contribution in [-0.4, -0.2) is 4.98 Å². The summed E-state index contributed by atoms with van der Waals surface area (Å²) in [7, 11) is 0. The van der Waals surface area contributed by atoms with Crippen molar-refractivity contribution < 1.29 is 4.42 Å². The number of oxazole rings is 1. The molecule has 0 amide bonds. The van der Waals surface area contributed by atoms with E-state index in [0.717, 1.165) is 5.69 Å². The molecule has 0 spiro atoms. The highest BCUT2D eigenvalue weighted by Gasteiger charge is 2.15. The van der Waals surface area contributed by atoms with Crippen LogP contribution in [0.2, 0.25) is 0 Å². The molecule has 0 aromatic carbocycles. The lowest BCUT2D eigenvalue weighted by Gasteiger charge is -2.13. The first-order valence-corrected chi connectivity index (χ1v) is 3.59. The molecule has 1 N–H and O–H groups in total. The highest BCUT2D eigenvalue weighted by Crippen LogP contribution is 2.19. The van der Waals surface area contributed by atoms with Gasteiger partial charge in [-0.05, 0) is 12.2 Å². The van der Waals surface area contributed by atoms with Crippen molar-refractivity contribution in [2.24, 2.45) is 0 Å². The molecule has 0 saturated heterocycles. The van der Waals surface area contributed by atoms with Gasteiger partial charge in [-0.1, -0.05) is 20.8 Å². The minimum Gasteiger partial charge on any atom is -0.438 e. The number of aromatic nitrogens is 1. The molecule has 0 atom stereocenters. The van der Waals surface area contributed by atoms with E-state index in [-0.39, 0.29) is 5.41 Å². The standard InChI is InChI=1S/C7H11NOS/c1-7(2,3)5-4-9-6(10)8-5/h4H,1-3H3,(H,8,10). The molecule has 0 fully saturated rings. The zero-order valence-corrected chi connectivity index (χ0v) is 7.21. The SMILES string of the molecule is CC(C)(C)c1coc(=S)[nH]1. The van der Waals surface area contributed by atoms with E-state index in [2.05, 4.69) is 25.8 Å². The van der Waals surface area contributed by atoms with Crippen molar-refractivity contribution in [3.05, 3.63) is 16.8 Å². The molecule has 0 aliphatic heterocycles. The fourth-order valence-corrected chi connectivity index (χ4v) is 0.804. The summed E-state index contributed by atoms with van der Waals surface area (Å²) in [6.45, 7) is 6.30. The van der Waals surface area contributed by atoms with Gasteiger partial charge in [0.25, 0.3) is 4.84 Å². The number of rotatable bonds is 0. The van der Waals surface area contributed by atoms with E-state index in [0.29, 0.717) is 4.84 Å². The van der Waals surface area contributed by atoms with E-state index in [1.54, 1.807) is 6.26 Å². The monoisotopic (exact) mass is 157 g/mol. The lowest BCUT2D eigenvalue weighted by Crippen LogP contribution is -2.10. The van der Waals surface area contributed by atoms with Crippen LogP contribution in [0.1, 0.15) is 26.5 Å². The predicted octanol–water partition coefficient (Wildman–Crippen LogP) is 2.63. The molecular formula is C7H11NOS. The highest BCUT2D eigenvalue weighted by atomic mass is 32.1. The van der Waals surface area contributed by atoms with Crippen LogP contribution < -0.4 is 0 Å². The van der Waals surface area contributed by atoms with E-state index >= 15 is 0 Å². The van der Waals surface area contributed by atoms with E-state index < -0.39 is 0 Å². The maximum absolute atomic E-state index is 4.95. The Labute approximate surface area is 65.3 Å². The molecule has 10 heavy (non-hydrogen) atoms. The van der Waals surface area contributed by atoms with Crippen LogP contribution in [-0.2, 0) is 5.41 Å². The van der Waals surface area contributed by atoms with Crippen molar-refractivity contribution in [3.8, 4) is 0 Å². The third-order valence-electron chi connectivity index (χ3n) is 1.33. The van der Waals surface area contributed by atoms with Gasteiger partial charge in [0, 0.05) is 5.41 Å². The van der Waals surface area contributed by atoms with Crippen LogP contribution in [0.5, 0.6) is 0 Å². The first-order valence-electron chi connectivity index (χ1n) is 3.18. The molecular weight excluding hydrogens is 146 g/mol. The van der Waals surface area contributed by atoms with Gasteiger partial charge in [-0.2, -0.15) is 0 Å². The molecule has 1 aromatic heterocycles. The Morgan fingerprint density at radius 3 is 2.30 bits per heavy atom. The second kappa shape index (κ2) is 2.23. The first-order chi connectivity index (χ1) is 4.50. The van der Waals surface area contributed by atoms with Crippen molar-refractivity contribution in [2.45, 2.75) is 26.2 Å². The van der Waals surface area contributed by atoms with Gasteiger partial charge in [0.1, 0.15) is 6.26 Å². The summed E-state index contributed by atoms with van der Waals surface area (Å²) in [4.78, 5) is 3.41. The minimum absolute atomic E-state index is 0.0978. The summed E-state index contributed by atoms with van der Waals surface area (Å²) < 4.78 is 4.95. The first kappa shape index (κ1) is 7.54. The second-order valence-corrected chi connectivity index (χ2v) is 3.68. The quantitative estimate of drug-likeness (QED) is 0.586. The Morgan fingerprint density at radius 2 is 2.10 bits per heavy atom. The molecule has 1 aromatic rings. The van der Waals surface area contributed by atoms with Gasteiger partial charge >= 0.3 is 0 Å². The lowest BCUT2D eigenvalue weighted by molar-refractivity contribution is 0.527. The molecule has 0 bridgehead atoms. The summed E-state index contributed by atoms with van der Waals surface area (Å²) in [6, 6.07) is 0. The summed E-state index contributed by atoms with van der Waals surface area (Å²) >= 11 is 4.78. The number of hydrogen-bond acceptors (Lipinski definition) is 2. The van der Waals surface area contributed by atoms with Crippen LogP contribution in [0.15, 0.2) is 10.7 Å². The molecule has 0 aliphatic carbocycles. The van der Waals surface area contributed by atoms with Gasteiger partial charge in [-0.15, -0.1) is 0 Å². The summed E-state index contributed by atoms with van der Waals surface area (Å²) in [6.07, 6.45) is 1.67. The molecule has 2 nitrogen and oxygen atoms in total. The van der Waals surface area contributed by atoms with Gasteiger partial charge in [0.2, 0.25) is 0 Å². The summed E-state index contributed by atoms with van der Waals surface area (Å²) in [5.41, 5.74) is 1.14. The largest absolute Gasteiger partial charge is 0.438 e. The Balaban J connectivity index is 3.07. The van der Waals surface area contributed by atoms with Gasteiger partial charge in [-0.3, -0.25) is 0 Å². The van der Waals surface area contributed by atoms with Crippen LogP contribution in [0, 0.1) is 4.84 Å². The Hall–Kier alpha value is -0.570. The maximum atomic E-state index is 4.95. The molecule has 3 heteroatoms. The van der Waals surface area contributed by atoms with Gasteiger partial charge in [-0.25, -0.2) is 0 Å². The summed E-state index contributed by atoms with van der Waals surface area (Å²) in [5.74, 6) is 0. The fraction of sp³-hybridized carbons (Fsp3) is 0.571. The molecule has 56 valence electrons. The molecule has 0 saturated carbocycles. The topological polar surface area (TPSA) is 28.9 Å². The van der Waals surface area contributed by atoms with Crippen LogP contribution in [0.3, 0.4) is 0 Å². The summed E-state index contributed by atoms with van der Waals surface area (Å²) in [5, 5.41) is 0. The third kappa shape index (κ3) is 1.48. The zero-order chi connectivity index (χ0) is 7.78. The van der Waals surface area contributed by atoms with E-state index in [4.69, 9.17) is 16.6 Å². The molecule has 0 aliphatic rings. The number of nitrogens with one attached hydrogen (secondary N) is 1. The zero-order valence-electron chi connectivity index (χ0n) is 6.39. The average Bonchev–Trinajstić information content (AvgIpc) is 2.11. The number of aromatic amines is 1. The molecule has 0 unspecified atom stereocenters. The van der Waals surface area contributed by atoms with Crippen molar-refractivity contribution >= 4 is 12.2 Å². The predicted molar refractivity (Wildman–Crippen MR) is 42.6 cm³/mol. The Morgan fingerprint density at radius 1 is 1.50 bits per heavy atom. The van der Waals surface area contributed by atoms with Crippen molar-refractivity contribution in [1.82, 2.24) is 4.98 Å². The fourth-order valence-electron chi connectivity index (χ4n) is 0.646. The number of hydrogen-bond donors (Lipinski definition) is 1. The smallest absolute Gasteiger partial charge is 0.266 e. The van der Waals surface area contributed by atoms with Gasteiger partial charge in [0.05, 0.1) is 5.69 Å². The Kier molecular flexibility index (Phi) is 1.68. The van der Waals surface area contributed by atoms with Gasteiger partial charge in [0.15, 0.2) is 0 Å². The average molecular weight is 157 g/mol. The van der Waals surface area contributed by atoms with Crippen molar-refractivity contribution in [3.63, 3.8) is 0 Å².